The topological polar surface area (TPSA) is 21.3 Å². The predicted octanol–water partition coefficient (Wildman–Crippen LogP) is 2.13. The van der Waals surface area contributed by atoms with Gasteiger partial charge in [-0.15, -0.1) is 0 Å². The van der Waals surface area contributed by atoms with E-state index in [0.717, 1.165) is 13.1 Å². The fraction of sp³-hybridized carbons (Fsp3) is 0.667. The summed E-state index contributed by atoms with van der Waals surface area (Å²) in [6, 6.07) is 0. The molecule has 1 fully saturated rings. The summed E-state index contributed by atoms with van der Waals surface area (Å²) in [6.45, 7) is 2.11. The lowest BCUT2D eigenvalue weighted by atomic mass is 9.94. The van der Waals surface area contributed by atoms with Crippen molar-refractivity contribution < 1.29 is 4.74 Å². The summed E-state index contributed by atoms with van der Waals surface area (Å²) in [5.41, 5.74) is 3.05. The van der Waals surface area contributed by atoms with Crippen LogP contribution in [0.15, 0.2) is 23.0 Å². The molecule has 0 unspecified atom stereocenters. The zero-order valence-corrected chi connectivity index (χ0v) is 8.51. The van der Waals surface area contributed by atoms with E-state index in [-0.39, 0.29) is 0 Å². The molecule has 1 saturated carbocycles. The van der Waals surface area contributed by atoms with Crippen molar-refractivity contribution in [1.29, 1.82) is 0 Å². The highest BCUT2D eigenvalue weighted by Gasteiger charge is 2.26. The Morgan fingerprint density at radius 3 is 3.00 bits per heavy atom. The fourth-order valence-corrected chi connectivity index (χ4v) is 2.36. The average Bonchev–Trinajstić information content (AvgIpc) is 2.59. The van der Waals surface area contributed by atoms with Gasteiger partial charge in [0.2, 0.25) is 0 Å². The Morgan fingerprint density at radius 1 is 1.29 bits per heavy atom. The smallest absolute Gasteiger partial charge is 0.120 e. The molecule has 1 aliphatic heterocycles. The first-order chi connectivity index (χ1) is 6.93. The Bertz CT molecular complexity index is 299. The third kappa shape index (κ3) is 1.38. The van der Waals surface area contributed by atoms with Gasteiger partial charge in [-0.2, -0.15) is 0 Å². The van der Waals surface area contributed by atoms with Gasteiger partial charge in [-0.3, -0.25) is 0 Å². The van der Waals surface area contributed by atoms with Gasteiger partial charge in [0, 0.05) is 18.7 Å². The minimum Gasteiger partial charge on any atom is -0.490 e. The van der Waals surface area contributed by atoms with E-state index >= 15 is 0 Å². The molecule has 0 radical (unpaired) electrons. The summed E-state index contributed by atoms with van der Waals surface area (Å²) >= 11 is 0. The van der Waals surface area contributed by atoms with Gasteiger partial charge in [0.1, 0.15) is 5.76 Å². The third-order valence-electron chi connectivity index (χ3n) is 3.49. The molecular formula is C12H17NO. The Kier molecular flexibility index (Phi) is 2.09. The van der Waals surface area contributed by atoms with Crippen LogP contribution >= 0.6 is 0 Å². The van der Waals surface area contributed by atoms with Gasteiger partial charge in [0.25, 0.3) is 0 Å². The maximum atomic E-state index is 6.00. The van der Waals surface area contributed by atoms with Crippen LogP contribution in [-0.4, -0.2) is 19.2 Å². The summed E-state index contributed by atoms with van der Waals surface area (Å²) in [5.74, 6) is 1.20. The highest BCUT2D eigenvalue weighted by atomic mass is 16.5. The van der Waals surface area contributed by atoms with Gasteiger partial charge >= 0.3 is 0 Å². The molecule has 0 spiro atoms. The SMILES string of the molecule is C1=C(OC2CCC2)C2=C(CC1)CNC2. The molecule has 0 aromatic heterocycles. The highest BCUT2D eigenvalue weighted by Crippen LogP contribution is 2.32. The minimum absolute atomic E-state index is 0.522. The van der Waals surface area contributed by atoms with Crippen LogP contribution < -0.4 is 5.32 Å². The number of hydrogen-bond acceptors (Lipinski definition) is 2. The maximum Gasteiger partial charge on any atom is 0.120 e. The molecule has 0 aromatic carbocycles. The lowest BCUT2D eigenvalue weighted by molar-refractivity contribution is 0.0555. The van der Waals surface area contributed by atoms with E-state index in [1.54, 1.807) is 5.57 Å². The molecule has 0 aromatic rings. The normalized spacial score (nSPS) is 27.0. The average molecular weight is 191 g/mol. The summed E-state index contributed by atoms with van der Waals surface area (Å²) in [5, 5.41) is 3.41. The molecule has 0 atom stereocenters. The monoisotopic (exact) mass is 191 g/mol. The first-order valence-electron chi connectivity index (χ1n) is 5.72. The second-order valence-corrected chi connectivity index (χ2v) is 4.46. The lowest BCUT2D eigenvalue weighted by Gasteiger charge is -2.29. The van der Waals surface area contributed by atoms with Crippen molar-refractivity contribution in [3.05, 3.63) is 23.0 Å². The summed E-state index contributed by atoms with van der Waals surface area (Å²) in [4.78, 5) is 0. The van der Waals surface area contributed by atoms with Gasteiger partial charge in [-0.1, -0.05) is 0 Å². The predicted molar refractivity (Wildman–Crippen MR) is 55.9 cm³/mol. The zero-order valence-electron chi connectivity index (χ0n) is 8.51. The molecule has 2 aliphatic carbocycles. The molecule has 0 saturated heterocycles. The Balaban J connectivity index is 1.74. The molecule has 14 heavy (non-hydrogen) atoms. The minimum atomic E-state index is 0.522. The van der Waals surface area contributed by atoms with E-state index in [2.05, 4.69) is 11.4 Å². The van der Waals surface area contributed by atoms with Crippen molar-refractivity contribution >= 4 is 0 Å². The maximum absolute atomic E-state index is 6.00. The quantitative estimate of drug-likeness (QED) is 0.722. The molecule has 0 amide bonds. The van der Waals surface area contributed by atoms with Crippen LogP contribution in [0.4, 0.5) is 0 Å². The lowest BCUT2D eigenvalue weighted by Crippen LogP contribution is -2.22. The summed E-state index contributed by atoms with van der Waals surface area (Å²) < 4.78 is 6.00. The van der Waals surface area contributed by atoms with Gasteiger partial charge < -0.3 is 10.1 Å². The number of nitrogens with one attached hydrogen (secondary N) is 1. The first-order valence-corrected chi connectivity index (χ1v) is 5.72. The molecular weight excluding hydrogens is 174 g/mol. The van der Waals surface area contributed by atoms with E-state index in [4.69, 9.17) is 4.74 Å². The number of ether oxygens (including phenoxy) is 1. The van der Waals surface area contributed by atoms with Crippen molar-refractivity contribution in [2.75, 3.05) is 13.1 Å². The summed E-state index contributed by atoms with van der Waals surface area (Å²) in [7, 11) is 0. The van der Waals surface area contributed by atoms with Crippen LogP contribution in [0.2, 0.25) is 0 Å². The van der Waals surface area contributed by atoms with Crippen molar-refractivity contribution in [2.45, 2.75) is 38.2 Å². The fourth-order valence-electron chi connectivity index (χ4n) is 2.36. The number of rotatable bonds is 2. The second kappa shape index (κ2) is 3.43. The van der Waals surface area contributed by atoms with Crippen LogP contribution in [0.1, 0.15) is 32.1 Å². The van der Waals surface area contributed by atoms with E-state index in [0.29, 0.717) is 6.10 Å². The second-order valence-electron chi connectivity index (χ2n) is 4.46. The van der Waals surface area contributed by atoms with E-state index < -0.39 is 0 Å². The Hall–Kier alpha value is -0.760. The standard InChI is InChI=1S/C12H17NO/c1-3-9-7-13-8-11(9)12(6-1)14-10-4-2-5-10/h6,10,13H,1-5,7-8H2. The molecule has 0 bridgehead atoms. The van der Waals surface area contributed by atoms with Gasteiger partial charge in [0.15, 0.2) is 0 Å². The third-order valence-corrected chi connectivity index (χ3v) is 3.49. The molecule has 2 heteroatoms. The van der Waals surface area contributed by atoms with Gasteiger partial charge in [-0.05, 0) is 43.8 Å². The molecule has 2 nitrogen and oxygen atoms in total. The largest absolute Gasteiger partial charge is 0.490 e. The summed E-state index contributed by atoms with van der Waals surface area (Å²) in [6.07, 6.45) is 9.07. The van der Waals surface area contributed by atoms with Crippen LogP contribution in [0.3, 0.4) is 0 Å². The molecule has 1 N–H and O–H groups in total. The molecule has 76 valence electrons. The van der Waals surface area contributed by atoms with Crippen molar-refractivity contribution in [2.24, 2.45) is 0 Å². The number of hydrogen-bond donors (Lipinski definition) is 1. The number of allylic oxidation sites excluding steroid dienone is 1. The Labute approximate surface area is 85.0 Å². The van der Waals surface area contributed by atoms with Crippen LogP contribution in [0.25, 0.3) is 0 Å². The van der Waals surface area contributed by atoms with Crippen molar-refractivity contribution in [3.8, 4) is 0 Å². The van der Waals surface area contributed by atoms with Gasteiger partial charge in [-0.25, -0.2) is 0 Å². The molecule has 3 rings (SSSR count). The zero-order chi connectivity index (χ0) is 9.38. The van der Waals surface area contributed by atoms with Crippen molar-refractivity contribution in [1.82, 2.24) is 5.32 Å². The van der Waals surface area contributed by atoms with Crippen LogP contribution in [0, 0.1) is 0 Å². The molecule has 3 aliphatic rings. The van der Waals surface area contributed by atoms with Crippen LogP contribution in [0.5, 0.6) is 0 Å². The highest BCUT2D eigenvalue weighted by molar-refractivity contribution is 5.39. The van der Waals surface area contributed by atoms with E-state index in [9.17, 15) is 0 Å². The van der Waals surface area contributed by atoms with E-state index in [1.165, 1.54) is 43.4 Å². The van der Waals surface area contributed by atoms with Crippen molar-refractivity contribution in [3.63, 3.8) is 0 Å². The van der Waals surface area contributed by atoms with Crippen LogP contribution in [-0.2, 0) is 4.74 Å². The Morgan fingerprint density at radius 2 is 2.21 bits per heavy atom. The van der Waals surface area contributed by atoms with Gasteiger partial charge in [0.05, 0.1) is 6.10 Å². The van der Waals surface area contributed by atoms with E-state index in [1.807, 2.05) is 0 Å². The molecule has 1 heterocycles. The first kappa shape index (κ1) is 8.54.